The first-order valence-electron chi connectivity index (χ1n) is 10.6. The van der Waals surface area contributed by atoms with Crippen LogP contribution in [-0.2, 0) is 29.4 Å². The molecule has 0 radical (unpaired) electrons. The molecule has 32 heavy (non-hydrogen) atoms. The highest BCUT2D eigenvalue weighted by atomic mass is 32.2. The highest BCUT2D eigenvalue weighted by Crippen LogP contribution is 2.25. The van der Waals surface area contributed by atoms with Crippen molar-refractivity contribution in [3.05, 3.63) is 99.6 Å². The Labute approximate surface area is 187 Å². The van der Waals surface area contributed by atoms with Crippen molar-refractivity contribution in [2.24, 2.45) is 0 Å². The smallest absolute Gasteiger partial charge is 0.269 e. The maximum Gasteiger partial charge on any atom is 0.269 e. The van der Waals surface area contributed by atoms with E-state index in [0.717, 1.165) is 31.5 Å². The molecule has 1 aliphatic rings. The Bertz CT molecular complexity index is 1190. The van der Waals surface area contributed by atoms with E-state index in [-0.39, 0.29) is 10.6 Å². The number of non-ortho nitro benzene ring substituents is 1. The van der Waals surface area contributed by atoms with Gasteiger partial charge in [0.25, 0.3) is 5.69 Å². The number of sulfonamides is 1. The van der Waals surface area contributed by atoms with E-state index in [1.165, 1.54) is 41.1 Å². The molecule has 0 aliphatic carbocycles. The van der Waals surface area contributed by atoms with Gasteiger partial charge in [-0.25, -0.2) is 13.1 Å². The number of nitro benzene ring substituents is 1. The van der Waals surface area contributed by atoms with Crippen LogP contribution < -0.4 is 9.62 Å². The number of hydrogen-bond acceptors (Lipinski definition) is 5. The minimum atomic E-state index is -3.68. The average molecular weight is 452 g/mol. The molecule has 0 amide bonds. The number of nitro groups is 1. The van der Waals surface area contributed by atoms with Crippen molar-refractivity contribution in [1.82, 2.24) is 4.72 Å². The first-order chi connectivity index (χ1) is 15.4. The number of fused-ring (bicyclic) bond motifs is 1. The minimum Gasteiger partial charge on any atom is -0.367 e. The Hall–Kier alpha value is -3.23. The minimum absolute atomic E-state index is 0.0237. The number of benzene rings is 3. The van der Waals surface area contributed by atoms with E-state index >= 15 is 0 Å². The largest absolute Gasteiger partial charge is 0.367 e. The van der Waals surface area contributed by atoms with Gasteiger partial charge in [0.05, 0.1) is 9.82 Å². The van der Waals surface area contributed by atoms with Crippen molar-refractivity contribution in [3.8, 4) is 0 Å². The van der Waals surface area contributed by atoms with E-state index in [9.17, 15) is 18.5 Å². The molecule has 0 bridgehead atoms. The first kappa shape index (κ1) is 22.0. The van der Waals surface area contributed by atoms with E-state index in [2.05, 4.69) is 58.2 Å². The number of anilines is 1. The molecule has 0 spiro atoms. The van der Waals surface area contributed by atoms with Crippen LogP contribution >= 0.6 is 0 Å². The molecule has 1 N–H and O–H groups in total. The zero-order valence-corrected chi connectivity index (χ0v) is 18.4. The van der Waals surface area contributed by atoms with Gasteiger partial charge in [-0.05, 0) is 60.2 Å². The predicted molar refractivity (Wildman–Crippen MR) is 124 cm³/mol. The van der Waals surface area contributed by atoms with Crippen LogP contribution in [0.4, 0.5) is 11.4 Å². The molecule has 1 heterocycles. The normalized spacial score (nSPS) is 13.6. The van der Waals surface area contributed by atoms with Gasteiger partial charge in [0.1, 0.15) is 0 Å². The molecule has 0 saturated carbocycles. The summed E-state index contributed by atoms with van der Waals surface area (Å²) in [6.07, 6.45) is 2.46. The Kier molecular flexibility index (Phi) is 6.53. The van der Waals surface area contributed by atoms with E-state index in [1.54, 1.807) is 0 Å². The van der Waals surface area contributed by atoms with E-state index in [1.807, 2.05) is 0 Å². The Morgan fingerprint density at radius 1 is 0.938 bits per heavy atom. The lowest BCUT2D eigenvalue weighted by atomic mass is 9.99. The summed E-state index contributed by atoms with van der Waals surface area (Å²) in [5, 5.41) is 10.7. The fraction of sp³-hybridized carbons (Fsp3) is 0.250. The second-order valence-corrected chi connectivity index (χ2v) is 9.63. The van der Waals surface area contributed by atoms with E-state index in [0.29, 0.717) is 13.0 Å². The van der Waals surface area contributed by atoms with Crippen LogP contribution in [0.25, 0.3) is 0 Å². The van der Waals surface area contributed by atoms with E-state index in [4.69, 9.17) is 0 Å². The lowest BCUT2D eigenvalue weighted by molar-refractivity contribution is -0.384. The van der Waals surface area contributed by atoms with Crippen molar-refractivity contribution in [3.63, 3.8) is 0 Å². The molecular weight excluding hydrogens is 426 g/mol. The van der Waals surface area contributed by atoms with Gasteiger partial charge >= 0.3 is 0 Å². The molecule has 3 aromatic rings. The zero-order chi connectivity index (χ0) is 22.6. The standard InChI is InChI=1S/C24H25N3O4S/c28-27(29)23-11-13-24(14-12-23)32(30,31)25-16-3-4-19-7-9-22(10-8-19)26-17-15-20-5-1-2-6-21(20)18-26/h1-2,5-14,25H,3-4,15-18H2. The van der Waals surface area contributed by atoms with Crippen LogP contribution in [0.15, 0.2) is 77.7 Å². The second kappa shape index (κ2) is 9.50. The molecule has 0 fully saturated rings. The Morgan fingerprint density at radius 2 is 1.62 bits per heavy atom. The quantitative estimate of drug-likeness (QED) is 0.317. The van der Waals surface area contributed by atoms with Crippen molar-refractivity contribution in [2.75, 3.05) is 18.0 Å². The topological polar surface area (TPSA) is 92.5 Å². The maximum absolute atomic E-state index is 12.3. The monoisotopic (exact) mass is 451 g/mol. The van der Waals surface area contributed by atoms with Crippen molar-refractivity contribution in [2.45, 2.75) is 30.7 Å². The van der Waals surface area contributed by atoms with Crippen LogP contribution in [0.5, 0.6) is 0 Å². The molecule has 4 rings (SSSR count). The lowest BCUT2D eigenvalue weighted by Crippen LogP contribution is -2.30. The third-order valence-electron chi connectivity index (χ3n) is 5.72. The molecule has 0 saturated heterocycles. The van der Waals surface area contributed by atoms with Crippen LogP contribution in [-0.4, -0.2) is 26.4 Å². The lowest BCUT2D eigenvalue weighted by Gasteiger charge is -2.30. The summed E-state index contributed by atoms with van der Waals surface area (Å²) < 4.78 is 27.3. The molecule has 0 aromatic heterocycles. The molecule has 0 unspecified atom stereocenters. The van der Waals surface area contributed by atoms with E-state index < -0.39 is 14.9 Å². The molecule has 7 nitrogen and oxygen atoms in total. The molecule has 3 aromatic carbocycles. The van der Waals surface area contributed by atoms with Crippen molar-refractivity contribution in [1.29, 1.82) is 0 Å². The average Bonchev–Trinajstić information content (AvgIpc) is 2.82. The van der Waals surface area contributed by atoms with Gasteiger partial charge in [-0.15, -0.1) is 0 Å². The Morgan fingerprint density at radius 3 is 2.31 bits per heavy atom. The van der Waals surface area contributed by atoms with Crippen LogP contribution in [0.3, 0.4) is 0 Å². The summed E-state index contributed by atoms with van der Waals surface area (Å²) in [5.74, 6) is 0. The summed E-state index contributed by atoms with van der Waals surface area (Å²) in [7, 11) is -3.68. The molecule has 166 valence electrons. The second-order valence-electron chi connectivity index (χ2n) is 7.86. The SMILES string of the molecule is O=[N+]([O-])c1ccc(S(=O)(=O)NCCCc2ccc(N3CCc4ccccc4C3)cc2)cc1. The number of rotatable bonds is 8. The van der Waals surface area contributed by atoms with Gasteiger partial charge < -0.3 is 4.90 Å². The molecule has 1 aliphatic heterocycles. The van der Waals surface area contributed by atoms with Gasteiger partial charge in [-0.2, -0.15) is 0 Å². The maximum atomic E-state index is 12.3. The van der Waals surface area contributed by atoms with Crippen LogP contribution in [0.1, 0.15) is 23.1 Å². The summed E-state index contributed by atoms with van der Waals surface area (Å²) in [6.45, 7) is 2.21. The zero-order valence-electron chi connectivity index (χ0n) is 17.6. The fourth-order valence-corrected chi connectivity index (χ4v) is 4.99. The van der Waals surface area contributed by atoms with Crippen LogP contribution in [0, 0.1) is 10.1 Å². The van der Waals surface area contributed by atoms with Gasteiger partial charge in [0, 0.05) is 37.5 Å². The predicted octanol–water partition coefficient (Wildman–Crippen LogP) is 4.07. The third kappa shape index (κ3) is 5.15. The van der Waals surface area contributed by atoms with Gasteiger partial charge in [-0.3, -0.25) is 10.1 Å². The molecule has 0 atom stereocenters. The first-order valence-corrected chi connectivity index (χ1v) is 12.1. The number of aryl methyl sites for hydroxylation is 1. The molecular formula is C24H25N3O4S. The third-order valence-corrected chi connectivity index (χ3v) is 7.20. The summed E-state index contributed by atoms with van der Waals surface area (Å²) in [6, 6.07) is 21.9. The van der Waals surface area contributed by atoms with Gasteiger partial charge in [0.15, 0.2) is 0 Å². The summed E-state index contributed by atoms with van der Waals surface area (Å²) >= 11 is 0. The fourth-order valence-electron chi connectivity index (χ4n) is 3.92. The van der Waals surface area contributed by atoms with Crippen molar-refractivity contribution >= 4 is 21.4 Å². The highest BCUT2D eigenvalue weighted by Gasteiger charge is 2.17. The van der Waals surface area contributed by atoms with Crippen molar-refractivity contribution < 1.29 is 13.3 Å². The van der Waals surface area contributed by atoms with Crippen LogP contribution in [0.2, 0.25) is 0 Å². The summed E-state index contributed by atoms with van der Waals surface area (Å²) in [4.78, 5) is 12.6. The Balaban J connectivity index is 1.27. The number of nitrogens with one attached hydrogen (secondary N) is 1. The summed E-state index contributed by atoms with van der Waals surface area (Å²) in [5.41, 5.74) is 5.02. The number of nitrogens with zero attached hydrogens (tertiary/aromatic N) is 2. The molecule has 8 heteroatoms. The van der Waals surface area contributed by atoms with Gasteiger partial charge in [-0.1, -0.05) is 36.4 Å². The highest BCUT2D eigenvalue weighted by molar-refractivity contribution is 7.89. The number of hydrogen-bond donors (Lipinski definition) is 1. The van der Waals surface area contributed by atoms with Gasteiger partial charge in [0.2, 0.25) is 10.0 Å².